The molecule has 0 aliphatic carbocycles. The molecule has 0 atom stereocenters. The predicted octanol–water partition coefficient (Wildman–Crippen LogP) is 3.24. The first-order valence-corrected chi connectivity index (χ1v) is 6.50. The maximum absolute atomic E-state index is 13.0. The highest BCUT2D eigenvalue weighted by Gasteiger charge is 2.14. The van der Waals surface area contributed by atoms with E-state index in [-0.39, 0.29) is 21.3 Å². The zero-order valence-corrected chi connectivity index (χ0v) is 12.0. The van der Waals surface area contributed by atoms with E-state index < -0.39 is 23.4 Å². The third kappa shape index (κ3) is 3.38. The standard InChI is InChI=1S/C14H9BrFNO4/c15-11-5-7(16)1-3-9(11)13(19)17-8-2-4-10(14(20)21)12(18)6-8/h1-6,18H,(H,17,19)(H,20,21). The van der Waals surface area contributed by atoms with Gasteiger partial charge in [0, 0.05) is 16.2 Å². The molecule has 2 aromatic carbocycles. The first-order valence-electron chi connectivity index (χ1n) is 5.71. The highest BCUT2D eigenvalue weighted by atomic mass is 79.9. The van der Waals surface area contributed by atoms with E-state index in [1.807, 2.05) is 0 Å². The summed E-state index contributed by atoms with van der Waals surface area (Å²) in [7, 11) is 0. The Labute approximate surface area is 127 Å². The number of carbonyl (C=O) groups is 2. The number of aromatic carboxylic acids is 1. The SMILES string of the molecule is O=C(O)c1ccc(NC(=O)c2ccc(F)cc2Br)cc1O. The summed E-state index contributed by atoms with van der Waals surface area (Å²) in [4.78, 5) is 22.8. The number of hydrogen-bond acceptors (Lipinski definition) is 3. The van der Waals surface area contributed by atoms with Crippen LogP contribution in [-0.4, -0.2) is 22.1 Å². The minimum atomic E-state index is -1.27. The van der Waals surface area contributed by atoms with E-state index >= 15 is 0 Å². The van der Waals surface area contributed by atoms with Crippen LogP contribution in [0.15, 0.2) is 40.9 Å². The first kappa shape index (κ1) is 15.0. The van der Waals surface area contributed by atoms with Gasteiger partial charge in [-0.05, 0) is 46.3 Å². The summed E-state index contributed by atoms with van der Waals surface area (Å²) in [5, 5.41) is 20.8. The molecular formula is C14H9BrFNO4. The van der Waals surface area contributed by atoms with Crippen molar-refractivity contribution in [1.82, 2.24) is 0 Å². The van der Waals surface area contributed by atoms with Gasteiger partial charge < -0.3 is 15.5 Å². The minimum absolute atomic E-state index is 0.207. The molecule has 5 nitrogen and oxygen atoms in total. The Morgan fingerprint density at radius 2 is 1.76 bits per heavy atom. The normalized spacial score (nSPS) is 10.2. The van der Waals surface area contributed by atoms with E-state index in [0.29, 0.717) is 0 Å². The second-order valence-electron chi connectivity index (χ2n) is 4.12. The van der Waals surface area contributed by atoms with Crippen molar-refractivity contribution in [3.05, 3.63) is 57.8 Å². The second-order valence-corrected chi connectivity index (χ2v) is 4.97. The molecule has 0 aliphatic rings. The lowest BCUT2D eigenvalue weighted by atomic mass is 10.1. The van der Waals surface area contributed by atoms with Crippen LogP contribution in [0.25, 0.3) is 0 Å². The molecule has 7 heteroatoms. The number of hydrogen-bond donors (Lipinski definition) is 3. The molecule has 1 amide bonds. The number of anilines is 1. The average Bonchev–Trinajstić information content (AvgIpc) is 2.37. The highest BCUT2D eigenvalue weighted by Crippen LogP contribution is 2.24. The van der Waals surface area contributed by atoms with Crippen LogP contribution in [0.1, 0.15) is 20.7 Å². The molecule has 21 heavy (non-hydrogen) atoms. The van der Waals surface area contributed by atoms with Crippen LogP contribution < -0.4 is 5.32 Å². The molecule has 0 fully saturated rings. The van der Waals surface area contributed by atoms with Crippen molar-refractivity contribution in [3.8, 4) is 5.75 Å². The summed E-state index contributed by atoms with van der Waals surface area (Å²) in [6, 6.07) is 7.25. The fourth-order valence-corrected chi connectivity index (χ4v) is 2.19. The van der Waals surface area contributed by atoms with Crippen LogP contribution in [-0.2, 0) is 0 Å². The van der Waals surface area contributed by atoms with E-state index in [0.717, 1.165) is 18.2 Å². The van der Waals surface area contributed by atoms with Gasteiger partial charge in [0.15, 0.2) is 0 Å². The molecule has 108 valence electrons. The Morgan fingerprint density at radius 3 is 2.33 bits per heavy atom. The van der Waals surface area contributed by atoms with Crippen molar-refractivity contribution in [1.29, 1.82) is 0 Å². The van der Waals surface area contributed by atoms with Crippen LogP contribution in [0.5, 0.6) is 5.75 Å². The van der Waals surface area contributed by atoms with E-state index in [9.17, 15) is 19.1 Å². The van der Waals surface area contributed by atoms with Gasteiger partial charge in [-0.1, -0.05) is 0 Å². The van der Waals surface area contributed by atoms with Crippen LogP contribution in [0.4, 0.5) is 10.1 Å². The summed E-state index contributed by atoms with van der Waals surface area (Å²) in [5.41, 5.74) is 0.160. The summed E-state index contributed by atoms with van der Waals surface area (Å²) in [6.45, 7) is 0. The third-order valence-corrected chi connectivity index (χ3v) is 3.32. The number of carboxylic acid groups (broad SMARTS) is 1. The molecule has 0 saturated carbocycles. The fraction of sp³-hybridized carbons (Fsp3) is 0. The van der Waals surface area contributed by atoms with Crippen molar-refractivity contribution in [2.24, 2.45) is 0 Å². The number of rotatable bonds is 3. The number of carboxylic acids is 1. The van der Waals surface area contributed by atoms with E-state index in [1.165, 1.54) is 18.2 Å². The third-order valence-electron chi connectivity index (χ3n) is 2.66. The molecule has 0 unspecified atom stereocenters. The van der Waals surface area contributed by atoms with Crippen molar-refractivity contribution in [2.45, 2.75) is 0 Å². The maximum atomic E-state index is 13.0. The van der Waals surface area contributed by atoms with Gasteiger partial charge in [-0.3, -0.25) is 4.79 Å². The Morgan fingerprint density at radius 1 is 1.10 bits per heavy atom. The monoisotopic (exact) mass is 353 g/mol. The van der Waals surface area contributed by atoms with Gasteiger partial charge in [0.05, 0.1) is 5.56 Å². The lowest BCUT2D eigenvalue weighted by molar-refractivity contribution is 0.0693. The molecule has 0 aliphatic heterocycles. The smallest absolute Gasteiger partial charge is 0.339 e. The molecule has 0 bridgehead atoms. The van der Waals surface area contributed by atoms with Crippen LogP contribution in [0.2, 0.25) is 0 Å². The van der Waals surface area contributed by atoms with Gasteiger partial charge in [-0.2, -0.15) is 0 Å². The summed E-state index contributed by atoms with van der Waals surface area (Å²) in [6.07, 6.45) is 0. The average molecular weight is 354 g/mol. The van der Waals surface area contributed by atoms with E-state index in [1.54, 1.807) is 0 Å². The molecule has 0 aromatic heterocycles. The van der Waals surface area contributed by atoms with Crippen molar-refractivity contribution in [2.75, 3.05) is 5.32 Å². The fourth-order valence-electron chi connectivity index (χ4n) is 1.66. The largest absolute Gasteiger partial charge is 0.507 e. The molecule has 0 spiro atoms. The lowest BCUT2D eigenvalue weighted by Crippen LogP contribution is -2.13. The van der Waals surface area contributed by atoms with Gasteiger partial charge in [0.25, 0.3) is 5.91 Å². The predicted molar refractivity (Wildman–Crippen MR) is 77.1 cm³/mol. The molecule has 0 heterocycles. The van der Waals surface area contributed by atoms with Gasteiger partial charge in [-0.15, -0.1) is 0 Å². The topological polar surface area (TPSA) is 86.6 Å². The Kier molecular flexibility index (Phi) is 4.23. The molecule has 3 N–H and O–H groups in total. The summed E-state index contributed by atoms with van der Waals surface area (Å²) >= 11 is 3.08. The van der Waals surface area contributed by atoms with Crippen LogP contribution in [0, 0.1) is 5.82 Å². The molecular weight excluding hydrogens is 345 g/mol. The molecule has 2 aromatic rings. The van der Waals surface area contributed by atoms with E-state index in [2.05, 4.69) is 21.2 Å². The number of aromatic hydroxyl groups is 1. The minimum Gasteiger partial charge on any atom is -0.507 e. The van der Waals surface area contributed by atoms with Crippen LogP contribution >= 0.6 is 15.9 Å². The van der Waals surface area contributed by atoms with Crippen molar-refractivity contribution in [3.63, 3.8) is 0 Å². The van der Waals surface area contributed by atoms with Gasteiger partial charge in [0.2, 0.25) is 0 Å². The molecule has 0 saturated heterocycles. The number of phenols is 1. The van der Waals surface area contributed by atoms with Gasteiger partial charge in [0.1, 0.15) is 17.1 Å². The first-order chi connectivity index (χ1) is 9.88. The second kappa shape index (κ2) is 5.92. The van der Waals surface area contributed by atoms with E-state index in [4.69, 9.17) is 5.11 Å². The van der Waals surface area contributed by atoms with Crippen LogP contribution in [0.3, 0.4) is 0 Å². The van der Waals surface area contributed by atoms with Crippen molar-refractivity contribution < 1.29 is 24.2 Å². The Balaban J connectivity index is 2.23. The number of amides is 1. The molecule has 0 radical (unpaired) electrons. The molecule has 2 rings (SSSR count). The van der Waals surface area contributed by atoms with Gasteiger partial charge in [-0.25, -0.2) is 9.18 Å². The Bertz CT molecular complexity index is 733. The zero-order valence-electron chi connectivity index (χ0n) is 10.4. The summed E-state index contributed by atoms with van der Waals surface area (Å²) < 4.78 is 13.2. The highest BCUT2D eigenvalue weighted by molar-refractivity contribution is 9.10. The number of benzene rings is 2. The maximum Gasteiger partial charge on any atom is 0.339 e. The van der Waals surface area contributed by atoms with Gasteiger partial charge >= 0.3 is 5.97 Å². The zero-order chi connectivity index (χ0) is 15.6. The quantitative estimate of drug-likeness (QED) is 0.790. The number of nitrogens with one attached hydrogen (secondary N) is 1. The Hall–Kier alpha value is -2.41. The van der Waals surface area contributed by atoms with Crippen molar-refractivity contribution >= 4 is 33.5 Å². The number of halogens is 2. The lowest BCUT2D eigenvalue weighted by Gasteiger charge is -2.08. The summed E-state index contributed by atoms with van der Waals surface area (Å²) in [5.74, 6) is -2.74. The number of carbonyl (C=O) groups excluding carboxylic acids is 1.